The highest BCUT2D eigenvalue weighted by atomic mass is 32.2. The molecule has 1 saturated heterocycles. The quantitative estimate of drug-likeness (QED) is 0.540. The molecule has 0 atom stereocenters. The summed E-state index contributed by atoms with van der Waals surface area (Å²) in [6, 6.07) is 13.6. The maximum atomic E-state index is 12.9. The van der Waals surface area contributed by atoms with Crippen molar-refractivity contribution >= 4 is 33.1 Å². The van der Waals surface area contributed by atoms with Crippen LogP contribution in [0.2, 0.25) is 0 Å². The first-order chi connectivity index (χ1) is 14.3. The van der Waals surface area contributed by atoms with Gasteiger partial charge >= 0.3 is 0 Å². The van der Waals surface area contributed by atoms with Crippen LogP contribution in [-0.4, -0.2) is 57.9 Å². The van der Waals surface area contributed by atoms with Crippen molar-refractivity contribution in [2.45, 2.75) is 18.7 Å². The lowest BCUT2D eigenvalue weighted by Gasteiger charge is -2.27. The number of benzene rings is 2. The summed E-state index contributed by atoms with van der Waals surface area (Å²) in [4.78, 5) is 13.5. The van der Waals surface area contributed by atoms with E-state index in [-0.39, 0.29) is 10.8 Å². The minimum atomic E-state index is -3.88. The number of carbonyl (C=O) groups is 1. The fourth-order valence-electron chi connectivity index (χ4n) is 3.01. The number of rotatable bonds is 6. The Morgan fingerprint density at radius 3 is 2.33 bits per heavy atom. The van der Waals surface area contributed by atoms with Crippen molar-refractivity contribution in [3.8, 4) is 0 Å². The molecule has 0 radical (unpaired) electrons. The van der Waals surface area contributed by atoms with Gasteiger partial charge in [0.15, 0.2) is 0 Å². The van der Waals surface area contributed by atoms with Gasteiger partial charge in [-0.25, -0.2) is 0 Å². The van der Waals surface area contributed by atoms with E-state index in [9.17, 15) is 13.2 Å². The van der Waals surface area contributed by atoms with Crippen LogP contribution >= 0.6 is 0 Å². The Bertz CT molecular complexity index is 1010. The summed E-state index contributed by atoms with van der Waals surface area (Å²) < 4.78 is 35.2. The van der Waals surface area contributed by atoms with E-state index >= 15 is 0 Å². The van der Waals surface area contributed by atoms with E-state index in [0.717, 1.165) is 5.56 Å². The van der Waals surface area contributed by atoms with Crippen LogP contribution in [0, 0.1) is 6.92 Å². The van der Waals surface area contributed by atoms with Crippen LogP contribution in [0.5, 0.6) is 0 Å². The second-order valence-corrected chi connectivity index (χ2v) is 8.71. The van der Waals surface area contributed by atoms with Gasteiger partial charge in [0.05, 0.1) is 24.7 Å². The second-order valence-electron chi connectivity index (χ2n) is 7.10. The highest BCUT2D eigenvalue weighted by Crippen LogP contribution is 2.18. The number of hydrogen-bond acceptors (Lipinski definition) is 5. The van der Waals surface area contributed by atoms with Gasteiger partial charge < -0.3 is 15.4 Å². The van der Waals surface area contributed by atoms with Gasteiger partial charge in [0, 0.05) is 31.4 Å². The molecule has 0 aromatic heterocycles. The molecule has 0 bridgehead atoms. The van der Waals surface area contributed by atoms with E-state index in [1.165, 1.54) is 6.92 Å². The molecule has 2 aromatic carbocycles. The van der Waals surface area contributed by atoms with E-state index in [1.807, 2.05) is 6.92 Å². The molecule has 2 N–H and O–H groups in total. The molecule has 8 nitrogen and oxygen atoms in total. The number of amides is 1. The third-order valence-electron chi connectivity index (χ3n) is 4.50. The molecule has 2 aromatic rings. The Kier molecular flexibility index (Phi) is 7.20. The minimum Gasteiger partial charge on any atom is -0.379 e. The predicted molar refractivity (Wildman–Crippen MR) is 117 cm³/mol. The molecule has 9 heteroatoms. The summed E-state index contributed by atoms with van der Waals surface area (Å²) in [6.45, 7) is 6.23. The first-order valence-electron chi connectivity index (χ1n) is 9.67. The summed E-state index contributed by atoms with van der Waals surface area (Å²) in [5.41, 5.74) is 2.21. The number of ether oxygens (including phenoxy) is 1. The monoisotopic (exact) mass is 430 g/mol. The number of anilines is 2. The number of nitrogens with zero attached hydrogens (tertiary/aromatic N) is 2. The molecule has 0 saturated carbocycles. The van der Waals surface area contributed by atoms with Gasteiger partial charge in [0.25, 0.3) is 10.0 Å². The molecular weight excluding hydrogens is 404 g/mol. The largest absolute Gasteiger partial charge is 0.379 e. The second kappa shape index (κ2) is 9.84. The SMILES string of the molecule is CC(=O)Nc1cccc(NC(CN2CCOCC2)=NS(=O)(=O)c2ccc(C)cc2)c1. The number of aryl methyl sites for hydroxylation is 1. The van der Waals surface area contributed by atoms with Crippen molar-refractivity contribution in [1.82, 2.24) is 4.90 Å². The summed E-state index contributed by atoms with van der Waals surface area (Å²) >= 11 is 0. The van der Waals surface area contributed by atoms with Crippen molar-refractivity contribution in [2.75, 3.05) is 43.5 Å². The van der Waals surface area contributed by atoms with E-state index in [2.05, 4.69) is 19.9 Å². The standard InChI is InChI=1S/C21H26N4O4S/c1-16-6-8-20(9-7-16)30(27,28)24-21(15-25-10-12-29-13-11-25)23-19-5-3-4-18(14-19)22-17(2)26/h3-9,14H,10-13,15H2,1-2H3,(H,22,26)(H,23,24). The molecule has 1 heterocycles. The third kappa shape index (κ3) is 6.38. The lowest BCUT2D eigenvalue weighted by molar-refractivity contribution is -0.114. The number of amidine groups is 1. The zero-order valence-corrected chi connectivity index (χ0v) is 17.9. The Hall–Kier alpha value is -2.75. The first-order valence-corrected chi connectivity index (χ1v) is 11.1. The van der Waals surface area contributed by atoms with Crippen molar-refractivity contribution in [3.63, 3.8) is 0 Å². The van der Waals surface area contributed by atoms with Gasteiger partial charge in [-0.15, -0.1) is 4.40 Å². The zero-order valence-electron chi connectivity index (χ0n) is 17.1. The number of sulfonamides is 1. The Morgan fingerprint density at radius 1 is 1.07 bits per heavy atom. The van der Waals surface area contributed by atoms with Crippen LogP contribution < -0.4 is 10.6 Å². The molecular formula is C21H26N4O4S. The topological polar surface area (TPSA) is 100 Å². The average Bonchev–Trinajstić information content (AvgIpc) is 2.68. The summed E-state index contributed by atoms with van der Waals surface area (Å²) in [6.07, 6.45) is 0. The number of morpholine rings is 1. The fourth-order valence-corrected chi connectivity index (χ4v) is 3.99. The molecule has 1 aliphatic rings. The maximum Gasteiger partial charge on any atom is 0.283 e. The van der Waals surface area contributed by atoms with E-state index in [0.29, 0.717) is 50.1 Å². The van der Waals surface area contributed by atoms with E-state index in [1.54, 1.807) is 48.5 Å². The van der Waals surface area contributed by atoms with Gasteiger partial charge in [-0.2, -0.15) is 8.42 Å². The Labute approximate surface area is 177 Å². The normalized spacial score (nSPS) is 15.6. The van der Waals surface area contributed by atoms with E-state index in [4.69, 9.17) is 4.74 Å². The minimum absolute atomic E-state index is 0.140. The molecule has 1 fully saturated rings. The molecule has 30 heavy (non-hydrogen) atoms. The van der Waals surface area contributed by atoms with Gasteiger partial charge in [-0.3, -0.25) is 9.69 Å². The van der Waals surface area contributed by atoms with Gasteiger partial charge in [0.1, 0.15) is 5.84 Å². The van der Waals surface area contributed by atoms with Gasteiger partial charge in [0.2, 0.25) is 5.91 Å². The summed E-state index contributed by atoms with van der Waals surface area (Å²) in [5, 5.41) is 5.83. The number of carbonyl (C=O) groups excluding carboxylic acids is 1. The van der Waals surface area contributed by atoms with Crippen molar-refractivity contribution in [2.24, 2.45) is 4.40 Å². The molecule has 0 unspecified atom stereocenters. The highest BCUT2D eigenvalue weighted by Gasteiger charge is 2.18. The van der Waals surface area contributed by atoms with Crippen molar-refractivity contribution in [3.05, 3.63) is 54.1 Å². The maximum absolute atomic E-state index is 12.9. The summed E-state index contributed by atoms with van der Waals surface area (Å²) in [7, 11) is -3.88. The van der Waals surface area contributed by atoms with Crippen LogP contribution in [0.4, 0.5) is 11.4 Å². The van der Waals surface area contributed by atoms with Crippen LogP contribution in [0.15, 0.2) is 57.8 Å². The molecule has 3 rings (SSSR count). The van der Waals surface area contributed by atoms with Crippen molar-refractivity contribution in [1.29, 1.82) is 0 Å². The van der Waals surface area contributed by atoms with E-state index < -0.39 is 10.0 Å². The smallest absolute Gasteiger partial charge is 0.283 e. The van der Waals surface area contributed by atoms with Crippen molar-refractivity contribution < 1.29 is 17.9 Å². The highest BCUT2D eigenvalue weighted by molar-refractivity contribution is 7.90. The molecule has 1 aliphatic heterocycles. The Morgan fingerprint density at radius 2 is 1.70 bits per heavy atom. The number of hydrogen-bond donors (Lipinski definition) is 2. The molecule has 160 valence electrons. The lowest BCUT2D eigenvalue weighted by Crippen LogP contribution is -2.41. The zero-order chi connectivity index (χ0) is 21.6. The fraction of sp³-hybridized carbons (Fsp3) is 0.333. The van der Waals surface area contributed by atoms with Crippen LogP contribution in [0.25, 0.3) is 0 Å². The Balaban J connectivity index is 1.88. The summed E-state index contributed by atoms with van der Waals surface area (Å²) in [5.74, 6) is 0.119. The average molecular weight is 431 g/mol. The molecule has 1 amide bonds. The van der Waals surface area contributed by atoms with Gasteiger partial charge in [-0.1, -0.05) is 23.8 Å². The van der Waals surface area contributed by atoms with Gasteiger partial charge in [-0.05, 0) is 37.3 Å². The first kappa shape index (κ1) is 21.9. The van der Waals surface area contributed by atoms with Crippen LogP contribution in [0.3, 0.4) is 0 Å². The number of nitrogens with one attached hydrogen (secondary N) is 2. The van der Waals surface area contributed by atoms with Crippen LogP contribution in [0.1, 0.15) is 12.5 Å². The van der Waals surface area contributed by atoms with Crippen LogP contribution in [-0.2, 0) is 19.6 Å². The lowest BCUT2D eigenvalue weighted by atomic mass is 10.2. The molecule has 0 aliphatic carbocycles. The predicted octanol–water partition coefficient (Wildman–Crippen LogP) is 2.48. The molecule has 0 spiro atoms. The third-order valence-corrected chi connectivity index (χ3v) is 5.83.